The second kappa shape index (κ2) is 5.50. The Kier molecular flexibility index (Phi) is 4.01. The fraction of sp³-hybridized carbons (Fsp3) is 0.364. The van der Waals surface area contributed by atoms with Crippen LogP contribution in [0.1, 0.15) is 10.1 Å². The highest BCUT2D eigenvalue weighted by molar-refractivity contribution is 8.19. The molecule has 1 aliphatic rings. The zero-order chi connectivity index (χ0) is 11.4. The minimum atomic E-state index is -0.953. The summed E-state index contributed by atoms with van der Waals surface area (Å²) < 4.78 is 5.59. The average Bonchev–Trinajstić information content (AvgIpc) is 2.80. The van der Waals surface area contributed by atoms with Crippen LogP contribution in [0, 0.1) is 0 Å². The quantitative estimate of drug-likeness (QED) is 0.897. The van der Waals surface area contributed by atoms with Crippen molar-refractivity contribution in [3.63, 3.8) is 0 Å². The molecule has 1 saturated heterocycles. The van der Waals surface area contributed by atoms with E-state index in [9.17, 15) is 4.79 Å². The van der Waals surface area contributed by atoms with Crippen LogP contribution < -0.4 is 4.74 Å². The monoisotopic (exact) mass is 256 g/mol. The summed E-state index contributed by atoms with van der Waals surface area (Å²) in [6.07, 6.45) is 0. The third kappa shape index (κ3) is 3.09. The smallest absolute Gasteiger partial charge is 0.341 e. The molecule has 0 saturated carbocycles. The van der Waals surface area contributed by atoms with Gasteiger partial charge in [-0.3, -0.25) is 0 Å². The molecule has 1 aliphatic heterocycles. The third-order valence-electron chi connectivity index (χ3n) is 2.14. The van der Waals surface area contributed by atoms with Crippen molar-refractivity contribution in [2.75, 3.05) is 18.1 Å². The Balaban J connectivity index is 1.95. The largest absolute Gasteiger partial charge is 0.482 e. The molecule has 0 unspecified atom stereocenters. The number of carboxylic acids is 1. The highest BCUT2D eigenvalue weighted by Gasteiger charge is 2.17. The maximum Gasteiger partial charge on any atom is 0.341 e. The molecule has 1 heterocycles. The number of carboxylic acid groups (broad SMARTS) is 1. The number of thioether (sulfide) groups is 2. The van der Waals surface area contributed by atoms with E-state index in [1.165, 1.54) is 17.1 Å². The molecule has 2 rings (SSSR count). The van der Waals surface area contributed by atoms with Crippen molar-refractivity contribution in [2.45, 2.75) is 4.58 Å². The maximum atomic E-state index is 10.3. The molecule has 16 heavy (non-hydrogen) atoms. The first kappa shape index (κ1) is 11.7. The lowest BCUT2D eigenvalue weighted by Gasteiger charge is -2.09. The fourth-order valence-corrected chi connectivity index (χ4v) is 4.28. The van der Waals surface area contributed by atoms with Crippen molar-refractivity contribution in [3.05, 3.63) is 29.8 Å². The lowest BCUT2D eigenvalue weighted by atomic mass is 10.2. The molecule has 1 aromatic rings. The number of aliphatic carboxylic acids is 1. The Morgan fingerprint density at radius 3 is 2.50 bits per heavy atom. The van der Waals surface area contributed by atoms with Crippen molar-refractivity contribution in [2.24, 2.45) is 0 Å². The topological polar surface area (TPSA) is 46.5 Å². The SMILES string of the molecule is O=C(O)COc1ccc(C2SCCS2)cc1. The molecule has 1 fully saturated rings. The summed E-state index contributed by atoms with van der Waals surface area (Å²) >= 11 is 3.90. The predicted octanol–water partition coefficient (Wildman–Crippen LogP) is 2.63. The first-order valence-electron chi connectivity index (χ1n) is 4.93. The van der Waals surface area contributed by atoms with Gasteiger partial charge in [-0.15, -0.1) is 23.5 Å². The van der Waals surface area contributed by atoms with Crippen LogP contribution in [0.5, 0.6) is 5.75 Å². The fourth-order valence-electron chi connectivity index (χ4n) is 1.42. The van der Waals surface area contributed by atoms with E-state index in [0.717, 1.165) is 0 Å². The molecule has 3 nitrogen and oxygen atoms in total. The van der Waals surface area contributed by atoms with Crippen LogP contribution >= 0.6 is 23.5 Å². The van der Waals surface area contributed by atoms with Crippen LogP contribution in [0.4, 0.5) is 0 Å². The van der Waals surface area contributed by atoms with E-state index in [2.05, 4.69) is 0 Å². The molecule has 0 aromatic heterocycles. The van der Waals surface area contributed by atoms with Gasteiger partial charge in [-0.05, 0) is 17.7 Å². The van der Waals surface area contributed by atoms with E-state index in [0.29, 0.717) is 10.3 Å². The van der Waals surface area contributed by atoms with E-state index in [-0.39, 0.29) is 6.61 Å². The molecular formula is C11H12O3S2. The summed E-state index contributed by atoms with van der Waals surface area (Å²) in [6.45, 7) is -0.285. The standard InChI is InChI=1S/C11H12O3S2/c12-10(13)7-14-9-3-1-8(2-4-9)11-15-5-6-16-11/h1-4,11H,5-7H2,(H,12,13). The third-order valence-corrected chi connectivity index (χ3v) is 5.24. The van der Waals surface area contributed by atoms with Gasteiger partial charge < -0.3 is 9.84 Å². The molecule has 0 radical (unpaired) electrons. The number of hydrogen-bond acceptors (Lipinski definition) is 4. The van der Waals surface area contributed by atoms with E-state index >= 15 is 0 Å². The molecule has 0 atom stereocenters. The minimum absolute atomic E-state index is 0.285. The summed E-state index contributed by atoms with van der Waals surface area (Å²) in [6, 6.07) is 7.68. The summed E-state index contributed by atoms with van der Waals surface area (Å²) in [7, 11) is 0. The molecular weight excluding hydrogens is 244 g/mol. The number of carbonyl (C=O) groups is 1. The Morgan fingerprint density at radius 1 is 1.31 bits per heavy atom. The van der Waals surface area contributed by atoms with Gasteiger partial charge >= 0.3 is 5.97 Å². The lowest BCUT2D eigenvalue weighted by Crippen LogP contribution is -2.09. The van der Waals surface area contributed by atoms with E-state index in [4.69, 9.17) is 9.84 Å². The highest BCUT2D eigenvalue weighted by atomic mass is 32.2. The molecule has 0 aliphatic carbocycles. The van der Waals surface area contributed by atoms with Crippen molar-refractivity contribution in [1.82, 2.24) is 0 Å². The summed E-state index contributed by atoms with van der Waals surface area (Å²) in [5, 5.41) is 8.47. The van der Waals surface area contributed by atoms with Crippen LogP contribution in [0.25, 0.3) is 0 Å². The molecule has 1 N–H and O–H groups in total. The van der Waals surface area contributed by atoms with Crippen molar-refractivity contribution in [1.29, 1.82) is 0 Å². The van der Waals surface area contributed by atoms with Gasteiger partial charge in [0, 0.05) is 11.5 Å². The zero-order valence-electron chi connectivity index (χ0n) is 8.59. The number of benzene rings is 1. The summed E-state index contributed by atoms with van der Waals surface area (Å²) in [5.74, 6) is 2.06. The van der Waals surface area contributed by atoms with Crippen molar-refractivity contribution in [3.8, 4) is 5.75 Å². The number of hydrogen-bond donors (Lipinski definition) is 1. The van der Waals surface area contributed by atoms with Gasteiger partial charge in [0.05, 0.1) is 4.58 Å². The number of ether oxygens (including phenoxy) is 1. The average molecular weight is 256 g/mol. The molecule has 86 valence electrons. The Bertz CT molecular complexity index is 358. The zero-order valence-corrected chi connectivity index (χ0v) is 10.2. The summed E-state index contributed by atoms with van der Waals surface area (Å²) in [4.78, 5) is 10.3. The second-order valence-electron chi connectivity index (χ2n) is 3.32. The molecule has 5 heteroatoms. The Labute approximate surface area is 103 Å². The first-order valence-corrected chi connectivity index (χ1v) is 7.03. The first-order chi connectivity index (χ1) is 7.75. The van der Waals surface area contributed by atoms with Crippen LogP contribution in [0.2, 0.25) is 0 Å². The Morgan fingerprint density at radius 2 is 1.94 bits per heavy atom. The van der Waals surface area contributed by atoms with Gasteiger partial charge in [0.25, 0.3) is 0 Å². The predicted molar refractivity (Wildman–Crippen MR) is 67.2 cm³/mol. The van der Waals surface area contributed by atoms with E-state index < -0.39 is 5.97 Å². The van der Waals surface area contributed by atoms with Gasteiger partial charge in [0.2, 0.25) is 0 Å². The molecule has 0 amide bonds. The van der Waals surface area contributed by atoms with Gasteiger partial charge in [0.1, 0.15) is 5.75 Å². The lowest BCUT2D eigenvalue weighted by molar-refractivity contribution is -0.139. The van der Waals surface area contributed by atoms with Crippen LogP contribution in [0.15, 0.2) is 24.3 Å². The van der Waals surface area contributed by atoms with E-state index in [1.54, 1.807) is 0 Å². The van der Waals surface area contributed by atoms with Crippen LogP contribution in [0.3, 0.4) is 0 Å². The van der Waals surface area contributed by atoms with Gasteiger partial charge in [-0.25, -0.2) is 4.79 Å². The molecule has 1 aromatic carbocycles. The minimum Gasteiger partial charge on any atom is -0.482 e. The number of rotatable bonds is 4. The normalized spacial score (nSPS) is 16.2. The molecule has 0 spiro atoms. The summed E-state index contributed by atoms with van der Waals surface area (Å²) in [5.41, 5.74) is 1.27. The van der Waals surface area contributed by atoms with Gasteiger partial charge in [-0.1, -0.05) is 12.1 Å². The second-order valence-corrected chi connectivity index (χ2v) is 6.05. The Hall–Kier alpha value is -0.810. The van der Waals surface area contributed by atoms with Gasteiger partial charge in [0.15, 0.2) is 6.61 Å². The maximum absolute atomic E-state index is 10.3. The highest BCUT2D eigenvalue weighted by Crippen LogP contribution is 2.45. The van der Waals surface area contributed by atoms with Crippen LogP contribution in [-0.2, 0) is 4.79 Å². The van der Waals surface area contributed by atoms with Crippen molar-refractivity contribution < 1.29 is 14.6 Å². The van der Waals surface area contributed by atoms with Crippen LogP contribution in [-0.4, -0.2) is 29.2 Å². The van der Waals surface area contributed by atoms with Gasteiger partial charge in [-0.2, -0.15) is 0 Å². The molecule has 0 bridgehead atoms. The van der Waals surface area contributed by atoms with E-state index in [1.807, 2.05) is 47.8 Å². The van der Waals surface area contributed by atoms with Crippen molar-refractivity contribution >= 4 is 29.5 Å².